The minimum atomic E-state index is -0.897. The minimum absolute atomic E-state index is 0.366. The summed E-state index contributed by atoms with van der Waals surface area (Å²) in [7, 11) is 1.65. The molecule has 2 aromatic heterocycles. The highest BCUT2D eigenvalue weighted by Crippen LogP contribution is 2.20. The number of aliphatic carboxylic acids is 1. The molecule has 5 nitrogen and oxygen atoms in total. The molecular formula is C23H26N2O3S. The Balaban J connectivity index is 1.93. The first kappa shape index (κ1) is 20.9. The number of rotatable bonds is 10. The van der Waals surface area contributed by atoms with E-state index in [0.717, 1.165) is 47.0 Å². The predicted octanol–water partition coefficient (Wildman–Crippen LogP) is 5.05. The van der Waals surface area contributed by atoms with Gasteiger partial charge in [0.25, 0.3) is 0 Å². The normalized spacial score (nSPS) is 11.6. The van der Waals surface area contributed by atoms with E-state index >= 15 is 0 Å². The molecule has 1 N–H and O–H groups in total. The molecule has 2 heterocycles. The largest absolute Gasteiger partial charge is 0.497 e. The third-order valence-corrected chi connectivity index (χ3v) is 5.64. The Morgan fingerprint density at radius 1 is 1.28 bits per heavy atom. The smallest absolute Gasteiger partial charge is 0.332 e. The van der Waals surface area contributed by atoms with E-state index in [-0.39, 0.29) is 0 Å². The van der Waals surface area contributed by atoms with Crippen LogP contribution in [0.4, 0.5) is 0 Å². The molecule has 0 aliphatic rings. The number of hydrogen-bond donors (Lipinski definition) is 1. The Morgan fingerprint density at radius 2 is 2.07 bits per heavy atom. The van der Waals surface area contributed by atoms with Gasteiger partial charge in [-0.2, -0.15) is 0 Å². The minimum Gasteiger partial charge on any atom is -0.497 e. The molecule has 6 heteroatoms. The number of thiophene rings is 1. The first-order chi connectivity index (χ1) is 14.1. The summed E-state index contributed by atoms with van der Waals surface area (Å²) in [6.07, 6.45) is 6.95. The lowest BCUT2D eigenvalue weighted by Crippen LogP contribution is -2.09. The molecule has 0 aliphatic heterocycles. The summed E-state index contributed by atoms with van der Waals surface area (Å²) < 4.78 is 7.36. The second-order valence-electron chi connectivity index (χ2n) is 6.87. The molecule has 0 saturated heterocycles. The maximum Gasteiger partial charge on any atom is 0.332 e. The highest BCUT2D eigenvalue weighted by Gasteiger charge is 2.14. The molecule has 3 rings (SSSR count). The second kappa shape index (κ2) is 10.1. The molecule has 0 bridgehead atoms. The summed E-state index contributed by atoms with van der Waals surface area (Å²) in [5.74, 6) is 0.898. The van der Waals surface area contributed by atoms with Gasteiger partial charge in [0.1, 0.15) is 11.6 Å². The van der Waals surface area contributed by atoms with Crippen LogP contribution in [0.2, 0.25) is 0 Å². The molecule has 3 aromatic rings. The number of hydrogen-bond acceptors (Lipinski definition) is 4. The molecular weight excluding hydrogens is 384 g/mol. The zero-order valence-corrected chi connectivity index (χ0v) is 17.6. The molecule has 0 aliphatic carbocycles. The number of imidazole rings is 1. The van der Waals surface area contributed by atoms with E-state index in [9.17, 15) is 9.90 Å². The Labute approximate surface area is 175 Å². The van der Waals surface area contributed by atoms with E-state index in [1.54, 1.807) is 30.7 Å². The number of carboxylic acid groups (broad SMARTS) is 1. The molecule has 0 unspecified atom stereocenters. The van der Waals surface area contributed by atoms with Crippen LogP contribution in [-0.2, 0) is 24.2 Å². The lowest BCUT2D eigenvalue weighted by Gasteiger charge is -2.12. The van der Waals surface area contributed by atoms with Crippen molar-refractivity contribution < 1.29 is 14.6 Å². The first-order valence-electron chi connectivity index (χ1n) is 9.74. The van der Waals surface area contributed by atoms with E-state index in [4.69, 9.17) is 4.74 Å². The molecule has 0 amide bonds. The van der Waals surface area contributed by atoms with Crippen molar-refractivity contribution in [1.29, 1.82) is 0 Å². The van der Waals surface area contributed by atoms with Gasteiger partial charge < -0.3 is 14.4 Å². The molecule has 0 spiro atoms. The number of benzene rings is 1. The number of ether oxygens (including phenoxy) is 1. The van der Waals surface area contributed by atoms with E-state index in [0.29, 0.717) is 18.5 Å². The van der Waals surface area contributed by atoms with Gasteiger partial charge >= 0.3 is 5.97 Å². The second-order valence-corrected chi connectivity index (χ2v) is 7.90. The standard InChI is InChI=1S/C23H26N2O3S/c1-3-4-7-22-24-15-19(13-18(23(26)27)14-21-6-5-12-29-21)25(22)16-17-8-10-20(28-2)11-9-17/h5-6,8-13,15H,3-4,7,14,16H2,1-2H3,(H,26,27)/b18-13+. The van der Waals surface area contributed by atoms with Crippen LogP contribution >= 0.6 is 11.3 Å². The van der Waals surface area contributed by atoms with Crippen molar-refractivity contribution in [3.63, 3.8) is 0 Å². The predicted molar refractivity (Wildman–Crippen MR) is 117 cm³/mol. The van der Waals surface area contributed by atoms with Crippen LogP contribution in [0.1, 0.15) is 41.7 Å². The van der Waals surface area contributed by atoms with Crippen LogP contribution in [0.15, 0.2) is 53.5 Å². The van der Waals surface area contributed by atoms with Crippen molar-refractivity contribution in [2.45, 2.75) is 39.2 Å². The SMILES string of the molecule is CCCCc1ncc(/C=C(\Cc2cccs2)C(=O)O)n1Cc1ccc(OC)cc1. The fraction of sp³-hybridized carbons (Fsp3) is 0.304. The van der Waals surface area contributed by atoms with Gasteiger partial charge in [-0.1, -0.05) is 31.5 Å². The van der Waals surface area contributed by atoms with E-state index in [2.05, 4.69) is 16.5 Å². The quantitative estimate of drug-likeness (QED) is 0.475. The van der Waals surface area contributed by atoms with Crippen molar-refractivity contribution in [1.82, 2.24) is 9.55 Å². The van der Waals surface area contributed by atoms with Gasteiger partial charge in [-0.25, -0.2) is 9.78 Å². The Kier molecular flexibility index (Phi) is 7.25. The average Bonchev–Trinajstić information content (AvgIpc) is 3.37. The highest BCUT2D eigenvalue weighted by atomic mass is 32.1. The zero-order valence-electron chi connectivity index (χ0n) is 16.8. The summed E-state index contributed by atoms with van der Waals surface area (Å²) in [6, 6.07) is 11.8. The maximum absolute atomic E-state index is 11.8. The van der Waals surface area contributed by atoms with Gasteiger partial charge in [-0.05, 0) is 41.6 Å². The molecule has 0 saturated carbocycles. The summed E-state index contributed by atoms with van der Waals surface area (Å²) in [5.41, 5.74) is 2.30. The van der Waals surface area contributed by atoms with Crippen LogP contribution in [0.3, 0.4) is 0 Å². The lowest BCUT2D eigenvalue weighted by molar-refractivity contribution is -0.132. The van der Waals surface area contributed by atoms with E-state index in [1.807, 2.05) is 41.8 Å². The highest BCUT2D eigenvalue weighted by molar-refractivity contribution is 7.09. The fourth-order valence-electron chi connectivity index (χ4n) is 3.14. The number of methoxy groups -OCH3 is 1. The van der Waals surface area contributed by atoms with Crippen LogP contribution in [0, 0.1) is 0 Å². The number of unbranched alkanes of at least 4 members (excludes halogenated alkanes) is 1. The lowest BCUT2D eigenvalue weighted by atomic mass is 10.1. The Bertz CT molecular complexity index is 957. The van der Waals surface area contributed by atoms with Gasteiger partial charge in [0.15, 0.2) is 0 Å². The molecule has 152 valence electrons. The molecule has 0 atom stereocenters. The van der Waals surface area contributed by atoms with E-state index in [1.165, 1.54) is 0 Å². The maximum atomic E-state index is 11.8. The fourth-order valence-corrected chi connectivity index (χ4v) is 3.87. The molecule has 29 heavy (non-hydrogen) atoms. The van der Waals surface area contributed by atoms with E-state index < -0.39 is 5.97 Å². The monoisotopic (exact) mass is 410 g/mol. The number of aromatic nitrogens is 2. The van der Waals surface area contributed by atoms with Crippen LogP contribution in [-0.4, -0.2) is 27.7 Å². The van der Waals surface area contributed by atoms with Crippen LogP contribution in [0.5, 0.6) is 5.75 Å². The van der Waals surface area contributed by atoms with Crippen molar-refractivity contribution in [2.75, 3.05) is 7.11 Å². The number of carbonyl (C=O) groups is 1. The first-order valence-corrected chi connectivity index (χ1v) is 10.6. The molecule has 0 radical (unpaired) electrons. The Morgan fingerprint density at radius 3 is 2.69 bits per heavy atom. The van der Waals surface area contributed by atoms with Gasteiger partial charge in [0.2, 0.25) is 0 Å². The van der Waals surface area contributed by atoms with Gasteiger partial charge in [-0.3, -0.25) is 0 Å². The third kappa shape index (κ3) is 5.57. The number of carboxylic acids is 1. The number of nitrogens with zero attached hydrogens (tertiary/aromatic N) is 2. The van der Waals surface area contributed by atoms with Crippen molar-refractivity contribution in [3.05, 3.63) is 75.5 Å². The van der Waals surface area contributed by atoms with Crippen molar-refractivity contribution >= 4 is 23.4 Å². The Hall–Kier alpha value is -2.86. The molecule has 1 aromatic carbocycles. The van der Waals surface area contributed by atoms with Crippen molar-refractivity contribution in [3.8, 4) is 5.75 Å². The zero-order chi connectivity index (χ0) is 20.6. The molecule has 0 fully saturated rings. The summed E-state index contributed by atoms with van der Waals surface area (Å²) in [5, 5.41) is 11.7. The van der Waals surface area contributed by atoms with Crippen molar-refractivity contribution in [2.24, 2.45) is 0 Å². The topological polar surface area (TPSA) is 64.3 Å². The summed E-state index contributed by atoms with van der Waals surface area (Å²) in [4.78, 5) is 17.5. The van der Waals surface area contributed by atoms with Gasteiger partial charge in [0, 0.05) is 29.8 Å². The van der Waals surface area contributed by atoms with Crippen LogP contribution in [0.25, 0.3) is 6.08 Å². The third-order valence-electron chi connectivity index (χ3n) is 4.76. The van der Waals surface area contributed by atoms with Gasteiger partial charge in [0.05, 0.1) is 19.0 Å². The van der Waals surface area contributed by atoms with Gasteiger partial charge in [-0.15, -0.1) is 11.3 Å². The van der Waals surface area contributed by atoms with Crippen LogP contribution < -0.4 is 4.74 Å². The summed E-state index contributed by atoms with van der Waals surface area (Å²) >= 11 is 1.57. The number of aryl methyl sites for hydroxylation is 1. The summed E-state index contributed by atoms with van der Waals surface area (Å²) in [6.45, 7) is 2.79. The average molecular weight is 411 g/mol.